The fraction of sp³-hybridized carbons (Fsp3) is 0.800. The molecule has 0 spiro atoms. The van der Waals surface area contributed by atoms with Crippen molar-refractivity contribution in [2.24, 2.45) is 0 Å². The van der Waals surface area contributed by atoms with Gasteiger partial charge >= 0.3 is 0 Å². The van der Waals surface area contributed by atoms with Gasteiger partial charge < -0.3 is 0 Å². The summed E-state index contributed by atoms with van der Waals surface area (Å²) in [6.45, 7) is -0.346. The molecule has 6 heteroatoms. The highest BCUT2D eigenvalue weighted by Gasteiger charge is 2.22. The predicted octanol–water partition coefficient (Wildman–Crippen LogP) is 3.25. The summed E-state index contributed by atoms with van der Waals surface area (Å²) in [5, 5.41) is 6.73. The minimum atomic E-state index is -2.38. The Morgan fingerprint density at radius 3 is 2.69 bits per heavy atom. The van der Waals surface area contributed by atoms with Crippen molar-refractivity contribution in [3.63, 3.8) is 0 Å². The van der Waals surface area contributed by atoms with Gasteiger partial charge in [-0.2, -0.15) is 5.10 Å². The highest BCUT2D eigenvalue weighted by atomic mass is 32.1. The van der Waals surface area contributed by atoms with Crippen LogP contribution in [-0.4, -0.2) is 21.2 Å². The average Bonchev–Trinajstić information content (AvgIpc) is 2.61. The summed E-state index contributed by atoms with van der Waals surface area (Å²) < 4.78 is 26.6. The Balaban J connectivity index is 2.22. The van der Waals surface area contributed by atoms with Crippen LogP contribution in [0, 0.1) is 4.77 Å². The molecule has 0 saturated heterocycles. The number of hydrogen-bond acceptors (Lipinski definition) is 2. The zero-order valence-electron chi connectivity index (χ0n) is 8.96. The van der Waals surface area contributed by atoms with E-state index in [0.29, 0.717) is 16.5 Å². The Hall–Kier alpha value is -0.780. The molecule has 1 aromatic rings. The number of halogens is 2. The molecule has 1 N–H and O–H groups in total. The molecule has 3 nitrogen and oxygen atoms in total. The molecule has 0 bridgehead atoms. The number of nitrogens with zero attached hydrogens (tertiary/aromatic N) is 2. The molecule has 0 amide bonds. The van der Waals surface area contributed by atoms with Gasteiger partial charge in [-0.3, -0.25) is 9.67 Å². The summed E-state index contributed by atoms with van der Waals surface area (Å²) in [4.78, 5) is 0. The van der Waals surface area contributed by atoms with E-state index in [9.17, 15) is 8.78 Å². The van der Waals surface area contributed by atoms with Crippen molar-refractivity contribution in [3.05, 3.63) is 10.6 Å². The fourth-order valence-electron chi connectivity index (χ4n) is 2.32. The van der Waals surface area contributed by atoms with Gasteiger partial charge in [0, 0.05) is 5.92 Å². The lowest BCUT2D eigenvalue weighted by Gasteiger charge is -2.21. The Morgan fingerprint density at radius 2 is 2.06 bits per heavy atom. The van der Waals surface area contributed by atoms with Crippen LogP contribution in [0.5, 0.6) is 0 Å². The van der Waals surface area contributed by atoms with E-state index in [4.69, 9.17) is 12.2 Å². The third-order valence-corrected chi connectivity index (χ3v) is 3.39. The minimum Gasteiger partial charge on any atom is -0.298 e. The minimum absolute atomic E-state index is 0.292. The maximum absolute atomic E-state index is 12.4. The molecule has 2 rings (SSSR count). The Morgan fingerprint density at radius 1 is 1.38 bits per heavy atom. The van der Waals surface area contributed by atoms with Crippen LogP contribution in [0.4, 0.5) is 8.78 Å². The zero-order chi connectivity index (χ0) is 11.5. The van der Waals surface area contributed by atoms with E-state index in [-0.39, 0.29) is 6.54 Å². The van der Waals surface area contributed by atoms with E-state index < -0.39 is 6.43 Å². The molecule has 0 unspecified atom stereocenters. The van der Waals surface area contributed by atoms with Crippen LogP contribution in [0.3, 0.4) is 0 Å². The van der Waals surface area contributed by atoms with Crippen molar-refractivity contribution in [2.75, 3.05) is 0 Å². The summed E-state index contributed by atoms with van der Waals surface area (Å²) in [7, 11) is 0. The van der Waals surface area contributed by atoms with Crippen molar-refractivity contribution in [1.82, 2.24) is 14.8 Å². The van der Waals surface area contributed by atoms with Crippen molar-refractivity contribution in [3.8, 4) is 0 Å². The average molecular weight is 247 g/mol. The maximum atomic E-state index is 12.4. The Kier molecular flexibility index (Phi) is 3.68. The molecule has 0 radical (unpaired) electrons. The molecule has 1 aromatic heterocycles. The van der Waals surface area contributed by atoms with Gasteiger partial charge in [-0.15, -0.1) is 0 Å². The van der Waals surface area contributed by atoms with Gasteiger partial charge in [0.15, 0.2) is 4.77 Å². The van der Waals surface area contributed by atoms with Crippen molar-refractivity contribution in [1.29, 1.82) is 0 Å². The van der Waals surface area contributed by atoms with E-state index in [1.807, 2.05) is 0 Å². The van der Waals surface area contributed by atoms with E-state index in [1.54, 1.807) is 0 Å². The van der Waals surface area contributed by atoms with Crippen LogP contribution in [-0.2, 0) is 6.54 Å². The molecule has 90 valence electrons. The first-order valence-corrected chi connectivity index (χ1v) is 6.02. The Bertz CT molecular complexity index is 393. The van der Waals surface area contributed by atoms with Crippen LogP contribution >= 0.6 is 12.2 Å². The van der Waals surface area contributed by atoms with Gasteiger partial charge in [-0.1, -0.05) is 19.3 Å². The Labute approximate surface area is 97.9 Å². The topological polar surface area (TPSA) is 33.6 Å². The summed E-state index contributed by atoms with van der Waals surface area (Å²) in [6, 6.07) is 0. The van der Waals surface area contributed by atoms with Gasteiger partial charge in [0.1, 0.15) is 5.82 Å². The highest BCUT2D eigenvalue weighted by Crippen LogP contribution is 2.31. The summed E-state index contributed by atoms with van der Waals surface area (Å²) in [5.74, 6) is 1.01. The van der Waals surface area contributed by atoms with Gasteiger partial charge in [-0.05, 0) is 25.1 Å². The number of rotatable bonds is 3. The molecular weight excluding hydrogens is 232 g/mol. The smallest absolute Gasteiger partial charge is 0.256 e. The molecule has 16 heavy (non-hydrogen) atoms. The van der Waals surface area contributed by atoms with Crippen LogP contribution in [0.15, 0.2) is 0 Å². The molecule has 1 fully saturated rings. The number of nitrogens with one attached hydrogen (secondary N) is 1. The first kappa shape index (κ1) is 11.7. The lowest BCUT2D eigenvalue weighted by molar-refractivity contribution is 0.124. The van der Waals surface area contributed by atoms with Crippen molar-refractivity contribution in [2.45, 2.75) is 51.0 Å². The number of aromatic nitrogens is 3. The monoisotopic (exact) mass is 247 g/mol. The second kappa shape index (κ2) is 5.03. The number of alkyl halides is 2. The standard InChI is InChI=1S/C10H15F2N3S/c11-8(12)6-15-9(13-14-10(15)16)7-4-2-1-3-5-7/h7-8H,1-6H2,(H,14,16). The molecule has 0 aliphatic heterocycles. The second-order valence-electron chi connectivity index (χ2n) is 4.22. The molecule has 0 aromatic carbocycles. The predicted molar refractivity (Wildman–Crippen MR) is 59.2 cm³/mol. The van der Waals surface area contributed by atoms with Crippen molar-refractivity contribution < 1.29 is 8.78 Å². The first-order valence-electron chi connectivity index (χ1n) is 5.61. The normalized spacial score (nSPS) is 18.2. The lowest BCUT2D eigenvalue weighted by atomic mass is 9.89. The van der Waals surface area contributed by atoms with Crippen LogP contribution in [0.1, 0.15) is 43.8 Å². The van der Waals surface area contributed by atoms with E-state index in [2.05, 4.69) is 10.2 Å². The molecule has 1 aliphatic carbocycles. The SMILES string of the molecule is FC(F)Cn1c(C2CCCCC2)n[nH]c1=S. The number of H-pyrrole nitrogens is 1. The number of aromatic amines is 1. The number of hydrogen-bond donors (Lipinski definition) is 1. The van der Waals surface area contributed by atoms with Gasteiger partial charge in [-0.25, -0.2) is 8.78 Å². The van der Waals surface area contributed by atoms with Crippen LogP contribution in [0.25, 0.3) is 0 Å². The third-order valence-electron chi connectivity index (χ3n) is 3.08. The summed E-state index contributed by atoms with van der Waals surface area (Å²) in [6.07, 6.45) is 3.21. The molecule has 1 saturated carbocycles. The van der Waals surface area contributed by atoms with Gasteiger partial charge in [0.2, 0.25) is 0 Å². The fourth-order valence-corrected chi connectivity index (χ4v) is 2.53. The second-order valence-corrected chi connectivity index (χ2v) is 4.61. The van der Waals surface area contributed by atoms with E-state index >= 15 is 0 Å². The summed E-state index contributed by atoms with van der Waals surface area (Å²) in [5.41, 5.74) is 0. The molecule has 1 heterocycles. The molecule has 1 aliphatic rings. The van der Waals surface area contributed by atoms with Gasteiger partial charge in [0.25, 0.3) is 6.43 Å². The van der Waals surface area contributed by atoms with Crippen LogP contribution < -0.4 is 0 Å². The highest BCUT2D eigenvalue weighted by molar-refractivity contribution is 7.71. The quantitative estimate of drug-likeness (QED) is 0.832. The van der Waals surface area contributed by atoms with Gasteiger partial charge in [0.05, 0.1) is 6.54 Å². The van der Waals surface area contributed by atoms with E-state index in [1.165, 1.54) is 11.0 Å². The molecular formula is C10H15F2N3S. The largest absolute Gasteiger partial charge is 0.298 e. The first-order chi connectivity index (χ1) is 7.68. The zero-order valence-corrected chi connectivity index (χ0v) is 9.77. The summed E-state index contributed by atoms with van der Waals surface area (Å²) >= 11 is 4.97. The van der Waals surface area contributed by atoms with Crippen LogP contribution in [0.2, 0.25) is 0 Å². The molecule has 0 atom stereocenters. The lowest BCUT2D eigenvalue weighted by Crippen LogP contribution is -2.15. The van der Waals surface area contributed by atoms with E-state index in [0.717, 1.165) is 25.7 Å². The maximum Gasteiger partial charge on any atom is 0.256 e. The third kappa shape index (κ3) is 2.48. The van der Waals surface area contributed by atoms with Crippen molar-refractivity contribution >= 4 is 12.2 Å².